The Morgan fingerprint density at radius 1 is 1.33 bits per heavy atom. The second kappa shape index (κ2) is 6.00. The molecule has 3 nitrogen and oxygen atoms in total. The van der Waals surface area contributed by atoms with E-state index in [1.807, 2.05) is 0 Å². The summed E-state index contributed by atoms with van der Waals surface area (Å²) in [5.74, 6) is -2.18. The summed E-state index contributed by atoms with van der Waals surface area (Å²) in [5, 5.41) is 2.06. The van der Waals surface area contributed by atoms with Gasteiger partial charge in [0.15, 0.2) is 5.78 Å². The van der Waals surface area contributed by atoms with Crippen molar-refractivity contribution in [2.24, 2.45) is 0 Å². The zero-order valence-electron chi connectivity index (χ0n) is 8.65. The molecule has 0 fully saturated rings. The summed E-state index contributed by atoms with van der Waals surface area (Å²) >= 11 is 5.37. The molecule has 0 aliphatic rings. The standard InChI is InChI=1S/C9H14ClF2NO2/c1-3-9(4-2,6(14)5-10)13-8(15)7(11)12/h7H,3-5H2,1-2H3,(H,13,15). The highest BCUT2D eigenvalue weighted by molar-refractivity contribution is 6.29. The lowest BCUT2D eigenvalue weighted by Crippen LogP contribution is -2.55. The molecule has 0 aliphatic carbocycles. The van der Waals surface area contributed by atoms with E-state index in [2.05, 4.69) is 5.32 Å². The van der Waals surface area contributed by atoms with E-state index in [1.54, 1.807) is 13.8 Å². The van der Waals surface area contributed by atoms with Crippen molar-refractivity contribution in [2.75, 3.05) is 5.88 Å². The van der Waals surface area contributed by atoms with Crippen LogP contribution in [0.3, 0.4) is 0 Å². The van der Waals surface area contributed by atoms with Gasteiger partial charge in [-0.15, -0.1) is 11.6 Å². The maximum atomic E-state index is 12.0. The number of rotatable bonds is 6. The Labute approximate surface area is 92.2 Å². The van der Waals surface area contributed by atoms with E-state index in [-0.39, 0.29) is 18.7 Å². The lowest BCUT2D eigenvalue weighted by molar-refractivity contribution is -0.138. The number of alkyl halides is 3. The first kappa shape index (κ1) is 14.3. The van der Waals surface area contributed by atoms with Gasteiger partial charge in [0, 0.05) is 0 Å². The molecule has 15 heavy (non-hydrogen) atoms. The average molecular weight is 242 g/mol. The van der Waals surface area contributed by atoms with Gasteiger partial charge in [0.1, 0.15) is 0 Å². The van der Waals surface area contributed by atoms with Crippen molar-refractivity contribution < 1.29 is 18.4 Å². The third kappa shape index (κ3) is 3.41. The van der Waals surface area contributed by atoms with Gasteiger partial charge in [-0.1, -0.05) is 13.8 Å². The molecule has 0 aromatic carbocycles. The van der Waals surface area contributed by atoms with Crippen LogP contribution in [0.4, 0.5) is 8.78 Å². The van der Waals surface area contributed by atoms with Crippen LogP contribution in [0.15, 0.2) is 0 Å². The predicted octanol–water partition coefficient (Wildman–Crippen LogP) is 1.73. The Bertz CT molecular complexity index is 242. The van der Waals surface area contributed by atoms with Crippen molar-refractivity contribution in [1.29, 1.82) is 0 Å². The molecule has 0 bridgehead atoms. The first-order chi connectivity index (χ1) is 6.93. The monoisotopic (exact) mass is 241 g/mol. The number of ketones is 1. The number of halogens is 3. The molecular formula is C9H14ClF2NO2. The Morgan fingerprint density at radius 2 is 1.80 bits per heavy atom. The van der Waals surface area contributed by atoms with Crippen LogP contribution in [0.25, 0.3) is 0 Å². The van der Waals surface area contributed by atoms with Crippen LogP contribution in [0.2, 0.25) is 0 Å². The van der Waals surface area contributed by atoms with Crippen molar-refractivity contribution >= 4 is 23.3 Å². The number of hydrogen-bond acceptors (Lipinski definition) is 2. The summed E-state index contributed by atoms with van der Waals surface area (Å²) in [5.41, 5.74) is -1.25. The minimum atomic E-state index is -3.12. The largest absolute Gasteiger partial charge is 0.339 e. The zero-order valence-corrected chi connectivity index (χ0v) is 9.40. The summed E-state index contributed by atoms with van der Waals surface area (Å²) in [4.78, 5) is 22.3. The Hall–Kier alpha value is -0.710. The molecule has 0 unspecified atom stereocenters. The SMILES string of the molecule is CCC(CC)(NC(=O)C(F)F)C(=O)CCl. The smallest absolute Gasteiger partial charge is 0.315 e. The molecule has 0 aromatic heterocycles. The molecule has 1 N–H and O–H groups in total. The lowest BCUT2D eigenvalue weighted by atomic mass is 9.88. The number of carbonyl (C=O) groups excluding carboxylic acids is 2. The first-order valence-electron chi connectivity index (χ1n) is 4.63. The van der Waals surface area contributed by atoms with Crippen molar-refractivity contribution in [3.63, 3.8) is 0 Å². The second-order valence-electron chi connectivity index (χ2n) is 3.14. The zero-order chi connectivity index (χ0) is 12.1. The summed E-state index contributed by atoms with van der Waals surface area (Å²) in [6, 6.07) is 0. The van der Waals surface area contributed by atoms with E-state index >= 15 is 0 Å². The van der Waals surface area contributed by atoms with E-state index in [0.717, 1.165) is 0 Å². The van der Waals surface area contributed by atoms with Gasteiger partial charge in [0.2, 0.25) is 0 Å². The summed E-state index contributed by atoms with van der Waals surface area (Å²) in [6.45, 7) is 3.28. The average Bonchev–Trinajstić information content (AvgIpc) is 2.24. The fourth-order valence-corrected chi connectivity index (χ4v) is 1.56. The van der Waals surface area contributed by atoms with Gasteiger partial charge in [-0.05, 0) is 12.8 Å². The topological polar surface area (TPSA) is 46.2 Å². The molecular weight excluding hydrogens is 228 g/mol. The Kier molecular flexibility index (Phi) is 5.72. The molecule has 0 radical (unpaired) electrons. The first-order valence-corrected chi connectivity index (χ1v) is 5.16. The Balaban J connectivity index is 4.79. The highest BCUT2D eigenvalue weighted by Gasteiger charge is 2.37. The highest BCUT2D eigenvalue weighted by atomic mass is 35.5. The fraction of sp³-hybridized carbons (Fsp3) is 0.778. The Morgan fingerprint density at radius 3 is 2.07 bits per heavy atom. The van der Waals surface area contributed by atoms with Crippen molar-refractivity contribution in [2.45, 2.75) is 38.7 Å². The molecule has 0 spiro atoms. The maximum Gasteiger partial charge on any atom is 0.315 e. The second-order valence-corrected chi connectivity index (χ2v) is 3.40. The van der Waals surface area contributed by atoms with Crippen LogP contribution in [0.5, 0.6) is 0 Å². The van der Waals surface area contributed by atoms with Crippen molar-refractivity contribution in [1.82, 2.24) is 5.32 Å². The number of nitrogens with one attached hydrogen (secondary N) is 1. The molecule has 0 aromatic rings. The highest BCUT2D eigenvalue weighted by Crippen LogP contribution is 2.18. The quantitative estimate of drug-likeness (QED) is 0.720. The minimum absolute atomic E-state index is 0.244. The summed E-state index contributed by atoms with van der Waals surface area (Å²) in [7, 11) is 0. The molecule has 0 saturated heterocycles. The molecule has 6 heteroatoms. The van der Waals surface area contributed by atoms with Gasteiger partial charge in [-0.3, -0.25) is 9.59 Å². The third-order valence-electron chi connectivity index (χ3n) is 2.42. The molecule has 0 heterocycles. The van der Waals surface area contributed by atoms with E-state index in [1.165, 1.54) is 0 Å². The van der Waals surface area contributed by atoms with Crippen LogP contribution in [-0.4, -0.2) is 29.5 Å². The molecule has 0 aliphatic heterocycles. The lowest BCUT2D eigenvalue weighted by Gasteiger charge is -2.30. The number of amides is 1. The van der Waals surface area contributed by atoms with E-state index < -0.39 is 23.7 Å². The van der Waals surface area contributed by atoms with E-state index in [0.29, 0.717) is 0 Å². The predicted molar refractivity (Wildman–Crippen MR) is 53.2 cm³/mol. The van der Waals surface area contributed by atoms with Crippen LogP contribution in [0.1, 0.15) is 26.7 Å². The summed E-state index contributed by atoms with van der Waals surface area (Å²) in [6.07, 6.45) is -2.63. The van der Waals surface area contributed by atoms with Crippen LogP contribution >= 0.6 is 11.6 Å². The number of Topliss-reactive ketones (excluding diaryl/α,β-unsaturated/α-hetero) is 1. The van der Waals surface area contributed by atoms with Crippen LogP contribution < -0.4 is 5.32 Å². The fourth-order valence-electron chi connectivity index (χ4n) is 1.31. The molecule has 0 atom stereocenters. The normalized spacial score (nSPS) is 11.6. The van der Waals surface area contributed by atoms with Gasteiger partial charge in [-0.2, -0.15) is 8.78 Å². The third-order valence-corrected chi connectivity index (χ3v) is 2.67. The van der Waals surface area contributed by atoms with Gasteiger partial charge in [0.05, 0.1) is 11.4 Å². The van der Waals surface area contributed by atoms with Gasteiger partial charge < -0.3 is 5.32 Å². The van der Waals surface area contributed by atoms with Crippen LogP contribution in [-0.2, 0) is 9.59 Å². The number of hydrogen-bond donors (Lipinski definition) is 1. The van der Waals surface area contributed by atoms with Gasteiger partial charge in [-0.25, -0.2) is 0 Å². The minimum Gasteiger partial charge on any atom is -0.339 e. The van der Waals surface area contributed by atoms with Gasteiger partial charge in [0.25, 0.3) is 5.91 Å². The molecule has 0 rings (SSSR count). The van der Waals surface area contributed by atoms with Gasteiger partial charge >= 0.3 is 6.43 Å². The van der Waals surface area contributed by atoms with Crippen molar-refractivity contribution in [3.8, 4) is 0 Å². The molecule has 0 saturated carbocycles. The van der Waals surface area contributed by atoms with Crippen LogP contribution in [0, 0.1) is 0 Å². The molecule has 1 amide bonds. The number of carbonyl (C=O) groups is 2. The van der Waals surface area contributed by atoms with E-state index in [4.69, 9.17) is 11.6 Å². The summed E-state index contributed by atoms with van der Waals surface area (Å²) < 4.78 is 24.1. The van der Waals surface area contributed by atoms with Crippen molar-refractivity contribution in [3.05, 3.63) is 0 Å². The van der Waals surface area contributed by atoms with E-state index in [9.17, 15) is 18.4 Å². The molecule has 88 valence electrons. The maximum absolute atomic E-state index is 12.0.